The summed E-state index contributed by atoms with van der Waals surface area (Å²) in [4.78, 5) is 47.4. The number of dihydropyridines is 1. The molecule has 0 spiro atoms. The van der Waals surface area contributed by atoms with Crippen LogP contribution in [0, 0.1) is 23.2 Å². The number of allylic oxidation sites excluding steroid dienone is 2. The van der Waals surface area contributed by atoms with Gasteiger partial charge in [-0.05, 0) is 61.4 Å². The van der Waals surface area contributed by atoms with Crippen LogP contribution < -0.4 is 16.0 Å². The second-order valence-electron chi connectivity index (χ2n) is 9.83. The summed E-state index contributed by atoms with van der Waals surface area (Å²) in [6.07, 6.45) is 7.82. The number of nitrogens with one attached hydrogen (secondary N) is 3. The molecule has 1 saturated heterocycles. The van der Waals surface area contributed by atoms with Gasteiger partial charge in [-0.1, -0.05) is 24.4 Å². The Balaban J connectivity index is 1.29. The molecule has 2 fully saturated rings. The molecule has 192 valence electrons. The molecule has 1 aliphatic carbocycles. The van der Waals surface area contributed by atoms with E-state index >= 15 is 0 Å². The number of hydrogen-bond donors (Lipinski definition) is 3. The standard InChI is InChI=1S/C26H28ClN7O3/c1-33(26(37)23-31-20-3-2-10-29-22(20)32-23)21(11-15-4-5-15)25(36)34-14-16(12-19(34)13-28)24(35)30-18-8-6-17(27)7-9-18/h2-3,6-10,15-16,19,21-22,29H,4-5,11-12,14H2,1H3,(H,30,35)(H,31,32). The van der Waals surface area contributed by atoms with Gasteiger partial charge >= 0.3 is 0 Å². The van der Waals surface area contributed by atoms with Crippen molar-refractivity contribution in [3.63, 3.8) is 0 Å². The fourth-order valence-electron chi connectivity index (χ4n) is 4.87. The number of amides is 3. The van der Waals surface area contributed by atoms with Gasteiger partial charge in [-0.2, -0.15) is 5.26 Å². The minimum Gasteiger partial charge on any atom is -0.365 e. The second-order valence-corrected chi connectivity index (χ2v) is 10.3. The molecule has 10 nitrogen and oxygen atoms in total. The Morgan fingerprint density at radius 3 is 2.73 bits per heavy atom. The number of halogens is 1. The van der Waals surface area contributed by atoms with Crippen LogP contribution in [-0.4, -0.2) is 65.2 Å². The van der Waals surface area contributed by atoms with Crippen LogP contribution in [0.25, 0.3) is 0 Å². The lowest BCUT2D eigenvalue weighted by Crippen LogP contribution is -2.53. The van der Waals surface area contributed by atoms with Crippen molar-refractivity contribution in [3.05, 3.63) is 53.3 Å². The van der Waals surface area contributed by atoms with E-state index < -0.39 is 18.0 Å². The average molecular weight is 522 g/mol. The lowest BCUT2D eigenvalue weighted by atomic mass is 10.1. The van der Waals surface area contributed by atoms with Crippen LogP contribution in [0.1, 0.15) is 25.7 Å². The van der Waals surface area contributed by atoms with Gasteiger partial charge in [0.1, 0.15) is 12.1 Å². The number of anilines is 1. The molecule has 3 N–H and O–H groups in total. The van der Waals surface area contributed by atoms with Gasteiger partial charge in [0, 0.05) is 24.3 Å². The quantitative estimate of drug-likeness (QED) is 0.503. The van der Waals surface area contributed by atoms with Crippen molar-refractivity contribution in [1.82, 2.24) is 20.4 Å². The summed E-state index contributed by atoms with van der Waals surface area (Å²) >= 11 is 5.92. The Hall–Kier alpha value is -3.84. The number of likely N-dealkylation sites (N-methyl/N-ethyl adjacent to an activating group) is 1. The van der Waals surface area contributed by atoms with Crippen molar-refractivity contribution >= 4 is 40.8 Å². The maximum absolute atomic E-state index is 13.8. The number of amidine groups is 1. The predicted octanol–water partition coefficient (Wildman–Crippen LogP) is 1.97. The Morgan fingerprint density at radius 2 is 2.05 bits per heavy atom. The number of rotatable bonds is 7. The van der Waals surface area contributed by atoms with E-state index in [0.29, 0.717) is 23.0 Å². The Kier molecular flexibility index (Phi) is 6.89. The summed E-state index contributed by atoms with van der Waals surface area (Å²) in [6, 6.07) is 7.43. The van der Waals surface area contributed by atoms with Gasteiger partial charge in [-0.25, -0.2) is 4.99 Å². The summed E-state index contributed by atoms with van der Waals surface area (Å²) in [5, 5.41) is 19.3. The number of nitriles is 1. The van der Waals surface area contributed by atoms with Gasteiger partial charge in [-0.3, -0.25) is 14.4 Å². The van der Waals surface area contributed by atoms with E-state index in [2.05, 4.69) is 27.0 Å². The van der Waals surface area contributed by atoms with Crippen molar-refractivity contribution in [3.8, 4) is 6.07 Å². The highest BCUT2D eigenvalue weighted by atomic mass is 35.5. The molecular weight excluding hydrogens is 494 g/mol. The molecular formula is C26H28ClN7O3. The van der Waals surface area contributed by atoms with Crippen LogP contribution >= 0.6 is 11.6 Å². The molecule has 0 aromatic heterocycles. The number of aliphatic imine (C=N–C) groups is 1. The van der Waals surface area contributed by atoms with Crippen LogP contribution in [0.4, 0.5) is 5.69 Å². The number of fused-ring (bicyclic) bond motifs is 1. The minimum absolute atomic E-state index is 0.115. The summed E-state index contributed by atoms with van der Waals surface area (Å²) in [5.41, 5.74) is 1.36. The lowest BCUT2D eigenvalue weighted by Gasteiger charge is -2.32. The maximum Gasteiger partial charge on any atom is 0.289 e. The van der Waals surface area contributed by atoms with E-state index in [4.69, 9.17) is 11.6 Å². The number of carbonyl (C=O) groups excluding carboxylic acids is 3. The molecule has 4 atom stereocenters. The number of carbonyl (C=O) groups is 3. The molecule has 1 aromatic carbocycles. The van der Waals surface area contributed by atoms with Crippen LogP contribution in [0.2, 0.25) is 5.02 Å². The zero-order valence-electron chi connectivity index (χ0n) is 20.4. The van der Waals surface area contributed by atoms with Gasteiger partial charge in [0.2, 0.25) is 11.8 Å². The highest BCUT2D eigenvalue weighted by molar-refractivity contribution is 6.39. The minimum atomic E-state index is -0.749. The van der Waals surface area contributed by atoms with Crippen molar-refractivity contribution in [1.29, 1.82) is 5.26 Å². The third-order valence-corrected chi connectivity index (χ3v) is 7.44. The SMILES string of the molecule is CN(C(=O)C1=NC2NC=CC=C2N1)C(CC1CC1)C(=O)N1CC(C(=O)Nc2ccc(Cl)cc2)CC1C#N. The normalized spacial score (nSPS) is 24.6. The third kappa shape index (κ3) is 5.32. The molecule has 0 radical (unpaired) electrons. The zero-order chi connectivity index (χ0) is 26.1. The number of benzene rings is 1. The Labute approximate surface area is 220 Å². The van der Waals surface area contributed by atoms with Crippen molar-refractivity contribution < 1.29 is 14.4 Å². The van der Waals surface area contributed by atoms with Crippen molar-refractivity contribution in [2.45, 2.75) is 43.9 Å². The fourth-order valence-corrected chi connectivity index (χ4v) is 4.99. The monoisotopic (exact) mass is 521 g/mol. The summed E-state index contributed by atoms with van der Waals surface area (Å²) in [7, 11) is 1.60. The van der Waals surface area contributed by atoms with Gasteiger partial charge in [0.25, 0.3) is 5.91 Å². The van der Waals surface area contributed by atoms with E-state index in [1.54, 1.807) is 37.5 Å². The van der Waals surface area contributed by atoms with E-state index in [1.165, 1.54) is 9.80 Å². The van der Waals surface area contributed by atoms with E-state index in [1.807, 2.05) is 12.2 Å². The topological polar surface area (TPSA) is 130 Å². The molecule has 4 aliphatic rings. The highest BCUT2D eigenvalue weighted by Gasteiger charge is 2.44. The molecule has 5 rings (SSSR count). The zero-order valence-corrected chi connectivity index (χ0v) is 21.1. The molecule has 4 unspecified atom stereocenters. The summed E-state index contributed by atoms with van der Waals surface area (Å²) in [5.74, 6) is -0.983. The number of nitrogens with zero attached hydrogens (tertiary/aromatic N) is 4. The van der Waals surface area contributed by atoms with E-state index in [9.17, 15) is 19.6 Å². The first-order valence-corrected chi connectivity index (χ1v) is 12.7. The largest absolute Gasteiger partial charge is 0.365 e. The van der Waals surface area contributed by atoms with Gasteiger partial charge in [0.05, 0.1) is 17.7 Å². The smallest absolute Gasteiger partial charge is 0.289 e. The van der Waals surface area contributed by atoms with Crippen LogP contribution in [0.15, 0.2) is 53.3 Å². The maximum atomic E-state index is 13.8. The number of likely N-dealkylation sites (tertiary alicyclic amines) is 1. The fraction of sp³-hybridized carbons (Fsp3) is 0.423. The van der Waals surface area contributed by atoms with Crippen molar-refractivity contribution in [2.24, 2.45) is 16.8 Å². The average Bonchev–Trinajstić information content (AvgIpc) is 3.45. The summed E-state index contributed by atoms with van der Waals surface area (Å²) in [6.45, 7) is 0.115. The first kappa shape index (κ1) is 24.8. The van der Waals surface area contributed by atoms with Crippen LogP contribution in [-0.2, 0) is 14.4 Å². The molecule has 3 amide bonds. The van der Waals surface area contributed by atoms with Gasteiger partial charge in [-0.15, -0.1) is 0 Å². The molecule has 3 heterocycles. The second kappa shape index (κ2) is 10.3. The van der Waals surface area contributed by atoms with E-state index in [-0.39, 0.29) is 42.7 Å². The van der Waals surface area contributed by atoms with E-state index in [0.717, 1.165) is 18.5 Å². The first-order valence-electron chi connectivity index (χ1n) is 12.4. The van der Waals surface area contributed by atoms with Crippen molar-refractivity contribution in [2.75, 3.05) is 18.9 Å². The summed E-state index contributed by atoms with van der Waals surface area (Å²) < 4.78 is 0. The molecule has 11 heteroatoms. The molecule has 37 heavy (non-hydrogen) atoms. The lowest BCUT2D eigenvalue weighted by molar-refractivity contribution is -0.142. The molecule has 1 aromatic rings. The molecule has 1 saturated carbocycles. The molecule has 0 bridgehead atoms. The first-order chi connectivity index (χ1) is 17.8. The predicted molar refractivity (Wildman–Crippen MR) is 138 cm³/mol. The van der Waals surface area contributed by atoms with Gasteiger partial charge in [0.15, 0.2) is 12.0 Å². The number of hydrogen-bond acceptors (Lipinski definition) is 7. The Bertz CT molecular complexity index is 1230. The highest BCUT2D eigenvalue weighted by Crippen LogP contribution is 2.36. The van der Waals surface area contributed by atoms with Gasteiger partial charge < -0.3 is 25.8 Å². The van der Waals surface area contributed by atoms with Crippen LogP contribution in [0.5, 0.6) is 0 Å². The molecule has 3 aliphatic heterocycles. The Morgan fingerprint density at radius 1 is 1.30 bits per heavy atom. The van der Waals surface area contributed by atoms with Crippen LogP contribution in [0.3, 0.4) is 0 Å². The third-order valence-electron chi connectivity index (χ3n) is 7.19.